The van der Waals surface area contributed by atoms with Crippen molar-refractivity contribution in [2.24, 2.45) is 0 Å². The van der Waals surface area contributed by atoms with E-state index in [-0.39, 0.29) is 30.1 Å². The standard InChI is InChI=1S/C31H44FN9O4/c1-3-40-27(13-14-33-40)28(42)37-41(23-7-5-4-6-8-23)31(45)36-25-12-9-21(19-24(25)32)20-26(35-30(44)34-22-10-11-22)29(43)39-17-15-38(2)16-18-39/h9,12-14,19,22-23,26H,3-8,10-11,15-18,20H2,1-2H3,(H,36,45)(H,37,42)(H2,34,35,44)/t26-/m1/s1. The Hall–Kier alpha value is -4.20. The molecule has 0 radical (unpaired) electrons. The van der Waals surface area contributed by atoms with Crippen molar-refractivity contribution in [2.75, 3.05) is 38.5 Å². The highest BCUT2D eigenvalue weighted by atomic mass is 19.1. The maximum Gasteiger partial charge on any atom is 0.340 e. The van der Waals surface area contributed by atoms with Crippen LogP contribution in [0.15, 0.2) is 30.5 Å². The van der Waals surface area contributed by atoms with Gasteiger partial charge in [-0.2, -0.15) is 5.10 Å². The number of likely N-dealkylation sites (N-methyl/N-ethyl adjacent to an activating group) is 1. The van der Waals surface area contributed by atoms with Crippen molar-refractivity contribution in [1.82, 2.24) is 40.6 Å². The number of carbonyl (C=O) groups excluding carboxylic acids is 4. The van der Waals surface area contributed by atoms with Crippen molar-refractivity contribution in [3.63, 3.8) is 0 Å². The van der Waals surface area contributed by atoms with Crippen LogP contribution in [0.3, 0.4) is 0 Å². The Bertz CT molecular complexity index is 1370. The fourth-order valence-corrected chi connectivity index (χ4v) is 5.85. The summed E-state index contributed by atoms with van der Waals surface area (Å²) < 4.78 is 17.0. The van der Waals surface area contributed by atoms with Gasteiger partial charge >= 0.3 is 12.1 Å². The van der Waals surface area contributed by atoms with Crippen molar-refractivity contribution >= 4 is 29.6 Å². The normalized spacial score (nSPS) is 18.2. The van der Waals surface area contributed by atoms with Crippen LogP contribution in [0.5, 0.6) is 0 Å². The summed E-state index contributed by atoms with van der Waals surface area (Å²) in [4.78, 5) is 56.5. The number of rotatable bonds is 9. The maximum atomic E-state index is 15.5. The predicted octanol–water partition coefficient (Wildman–Crippen LogP) is 2.70. The minimum Gasteiger partial charge on any atom is -0.338 e. The van der Waals surface area contributed by atoms with Crippen molar-refractivity contribution < 1.29 is 23.6 Å². The van der Waals surface area contributed by atoms with Gasteiger partial charge in [-0.25, -0.2) is 19.0 Å². The number of piperazine rings is 1. The third-order valence-electron chi connectivity index (χ3n) is 8.68. The highest BCUT2D eigenvalue weighted by molar-refractivity contribution is 5.96. The van der Waals surface area contributed by atoms with Gasteiger partial charge in [0.15, 0.2) is 0 Å². The molecule has 4 N–H and O–H groups in total. The van der Waals surface area contributed by atoms with E-state index in [2.05, 4.69) is 31.4 Å². The molecule has 13 nitrogen and oxygen atoms in total. The van der Waals surface area contributed by atoms with E-state index in [1.165, 1.54) is 28.0 Å². The molecule has 14 heteroatoms. The molecule has 2 aliphatic carbocycles. The Morgan fingerprint density at radius 2 is 1.76 bits per heavy atom. The number of hydrogen-bond acceptors (Lipinski definition) is 6. The van der Waals surface area contributed by atoms with Crippen LogP contribution < -0.4 is 21.4 Å². The predicted molar refractivity (Wildman–Crippen MR) is 166 cm³/mol. The summed E-state index contributed by atoms with van der Waals surface area (Å²) in [6, 6.07) is 3.87. The van der Waals surface area contributed by atoms with Gasteiger partial charge in [-0.05, 0) is 63.4 Å². The molecule has 2 heterocycles. The molecule has 5 rings (SSSR count). The van der Waals surface area contributed by atoms with Crippen molar-refractivity contribution in [1.29, 1.82) is 0 Å². The third kappa shape index (κ3) is 8.50. The average Bonchev–Trinajstić information content (AvgIpc) is 3.71. The summed E-state index contributed by atoms with van der Waals surface area (Å²) in [7, 11) is 1.99. The van der Waals surface area contributed by atoms with E-state index in [4.69, 9.17) is 0 Å². The van der Waals surface area contributed by atoms with E-state index in [1.807, 2.05) is 14.0 Å². The van der Waals surface area contributed by atoms with Crippen LogP contribution in [0, 0.1) is 5.82 Å². The van der Waals surface area contributed by atoms with Gasteiger partial charge in [0.05, 0.1) is 11.7 Å². The molecule has 6 amide bonds. The van der Waals surface area contributed by atoms with E-state index in [0.717, 1.165) is 45.2 Å². The molecule has 1 saturated heterocycles. The van der Waals surface area contributed by atoms with Gasteiger partial charge < -0.3 is 25.8 Å². The van der Waals surface area contributed by atoms with Crippen molar-refractivity contribution in [2.45, 2.75) is 83.0 Å². The molecule has 1 atom stereocenters. The number of aryl methyl sites for hydroxylation is 1. The number of carbonyl (C=O) groups is 4. The molecule has 1 aliphatic heterocycles. The van der Waals surface area contributed by atoms with Crippen LogP contribution in [-0.4, -0.2) is 99.8 Å². The zero-order chi connectivity index (χ0) is 31.9. The topological polar surface area (TPSA) is 144 Å². The van der Waals surface area contributed by atoms with E-state index in [1.54, 1.807) is 17.0 Å². The van der Waals surface area contributed by atoms with E-state index >= 15 is 4.39 Å². The van der Waals surface area contributed by atoms with Crippen LogP contribution in [0.4, 0.5) is 19.7 Å². The Morgan fingerprint density at radius 1 is 1.02 bits per heavy atom. The summed E-state index contributed by atoms with van der Waals surface area (Å²) in [6.07, 6.45) is 7.75. The number of hydrazine groups is 1. The highest BCUT2D eigenvalue weighted by Gasteiger charge is 2.32. The number of amides is 6. The van der Waals surface area contributed by atoms with E-state index in [9.17, 15) is 19.2 Å². The second-order valence-electron chi connectivity index (χ2n) is 12.2. The average molecular weight is 626 g/mol. The lowest BCUT2D eigenvalue weighted by molar-refractivity contribution is -0.134. The number of aromatic nitrogens is 2. The lowest BCUT2D eigenvalue weighted by Crippen LogP contribution is -2.56. The number of benzene rings is 1. The van der Waals surface area contributed by atoms with Gasteiger partial charge in [-0.3, -0.25) is 19.7 Å². The SMILES string of the molecule is CCn1nccc1C(=O)NN(C(=O)Nc1ccc(C[C@@H](NC(=O)NC2CC2)C(=O)N2CCN(C)CC2)cc1F)C1CCCCC1. The monoisotopic (exact) mass is 625 g/mol. The molecule has 0 spiro atoms. The quantitative estimate of drug-likeness (QED) is 0.316. The largest absolute Gasteiger partial charge is 0.340 e. The molecule has 2 saturated carbocycles. The van der Waals surface area contributed by atoms with Crippen LogP contribution in [0.25, 0.3) is 0 Å². The van der Waals surface area contributed by atoms with Gasteiger partial charge in [0.2, 0.25) is 5.91 Å². The molecule has 0 unspecified atom stereocenters. The lowest BCUT2D eigenvalue weighted by atomic mass is 9.95. The molecule has 244 valence electrons. The summed E-state index contributed by atoms with van der Waals surface area (Å²) in [5, 5.41) is 13.7. The van der Waals surface area contributed by atoms with Gasteiger partial charge in [-0.1, -0.05) is 25.3 Å². The molecule has 2 aromatic rings. The molecule has 45 heavy (non-hydrogen) atoms. The lowest BCUT2D eigenvalue weighted by Gasteiger charge is -2.35. The molecule has 1 aromatic heterocycles. The Labute approximate surface area is 262 Å². The van der Waals surface area contributed by atoms with Crippen LogP contribution in [0.2, 0.25) is 0 Å². The van der Waals surface area contributed by atoms with Gasteiger partial charge in [0.1, 0.15) is 17.6 Å². The molecule has 3 aliphatic rings. The minimum absolute atomic E-state index is 0.0567. The smallest absolute Gasteiger partial charge is 0.338 e. The Kier molecular flexibility index (Phi) is 10.5. The first-order valence-corrected chi connectivity index (χ1v) is 16.0. The summed E-state index contributed by atoms with van der Waals surface area (Å²) in [5.74, 6) is -1.37. The Morgan fingerprint density at radius 3 is 2.42 bits per heavy atom. The summed E-state index contributed by atoms with van der Waals surface area (Å²) in [5.41, 5.74) is 3.49. The summed E-state index contributed by atoms with van der Waals surface area (Å²) in [6.45, 7) is 4.92. The first-order chi connectivity index (χ1) is 21.7. The van der Waals surface area contributed by atoms with Crippen LogP contribution >= 0.6 is 0 Å². The Balaban J connectivity index is 1.28. The molecule has 1 aromatic carbocycles. The second kappa shape index (κ2) is 14.7. The highest BCUT2D eigenvalue weighted by Crippen LogP contribution is 2.24. The summed E-state index contributed by atoms with van der Waals surface area (Å²) >= 11 is 0. The van der Waals surface area contributed by atoms with Crippen LogP contribution in [0.1, 0.15) is 67.9 Å². The fourth-order valence-electron chi connectivity index (χ4n) is 5.85. The number of nitrogens with zero attached hydrogens (tertiary/aromatic N) is 5. The first-order valence-electron chi connectivity index (χ1n) is 16.0. The number of hydrogen-bond donors (Lipinski definition) is 4. The molecule has 3 fully saturated rings. The van der Waals surface area contributed by atoms with Crippen LogP contribution in [-0.2, 0) is 17.8 Å². The fraction of sp³-hybridized carbons (Fsp3) is 0.581. The van der Waals surface area contributed by atoms with Gasteiger partial charge in [0.25, 0.3) is 5.91 Å². The minimum atomic E-state index is -0.874. The molecular formula is C31H44FN9O4. The van der Waals surface area contributed by atoms with Crippen molar-refractivity contribution in [3.8, 4) is 0 Å². The number of anilines is 1. The number of nitrogens with one attached hydrogen (secondary N) is 4. The zero-order valence-corrected chi connectivity index (χ0v) is 26.1. The number of urea groups is 2. The molecular weight excluding hydrogens is 581 g/mol. The van der Waals surface area contributed by atoms with E-state index < -0.39 is 29.8 Å². The zero-order valence-electron chi connectivity index (χ0n) is 26.1. The van der Waals surface area contributed by atoms with Gasteiger partial charge in [-0.15, -0.1) is 0 Å². The van der Waals surface area contributed by atoms with E-state index in [0.29, 0.717) is 43.7 Å². The van der Waals surface area contributed by atoms with Gasteiger partial charge in [0, 0.05) is 51.4 Å². The first kappa shape index (κ1) is 32.2. The number of halogens is 1. The third-order valence-corrected chi connectivity index (χ3v) is 8.68. The van der Waals surface area contributed by atoms with Crippen molar-refractivity contribution in [3.05, 3.63) is 47.5 Å². The second-order valence-corrected chi connectivity index (χ2v) is 12.2. The maximum absolute atomic E-state index is 15.5. The molecule has 0 bridgehead atoms.